The molecule has 3 heteroatoms. The van der Waals surface area contributed by atoms with Gasteiger partial charge in [0.05, 0.1) is 11.6 Å². The van der Waals surface area contributed by atoms with Gasteiger partial charge in [-0.25, -0.2) is 5.43 Å². The highest BCUT2D eigenvalue weighted by molar-refractivity contribution is 5.98. The molecule has 0 aromatic heterocycles. The summed E-state index contributed by atoms with van der Waals surface area (Å²) in [6.07, 6.45) is 4.51. The summed E-state index contributed by atoms with van der Waals surface area (Å²) in [5.41, 5.74) is 6.62. The van der Waals surface area contributed by atoms with Crippen LogP contribution >= 0.6 is 0 Å². The van der Waals surface area contributed by atoms with Crippen LogP contribution in [0.2, 0.25) is 0 Å². The molecule has 3 aliphatic carbocycles. The average Bonchev–Trinajstić information content (AvgIpc) is 3.32. The predicted molar refractivity (Wildman–Crippen MR) is 117 cm³/mol. The fraction of sp³-hybridized carbons (Fsp3) is 0.462. The number of rotatable bonds is 4. The van der Waals surface area contributed by atoms with Crippen LogP contribution < -0.4 is 5.43 Å². The van der Waals surface area contributed by atoms with E-state index in [2.05, 4.69) is 74.7 Å². The minimum atomic E-state index is -0.235. The summed E-state index contributed by atoms with van der Waals surface area (Å²) in [6, 6.07) is 20.9. The number of amides is 1. The van der Waals surface area contributed by atoms with E-state index in [1.165, 1.54) is 36.1 Å². The van der Waals surface area contributed by atoms with Crippen LogP contribution in [-0.4, -0.2) is 11.6 Å². The Bertz CT molecular complexity index is 916. The third-order valence-electron chi connectivity index (χ3n) is 8.08. The quantitative estimate of drug-likeness (QED) is 0.711. The van der Waals surface area contributed by atoms with Gasteiger partial charge in [0, 0.05) is 16.2 Å². The van der Waals surface area contributed by atoms with Crippen molar-refractivity contribution in [3.8, 4) is 0 Å². The molecule has 0 heterocycles. The van der Waals surface area contributed by atoms with Crippen molar-refractivity contribution < 1.29 is 4.79 Å². The fourth-order valence-corrected chi connectivity index (χ4v) is 6.37. The Kier molecular flexibility index (Phi) is 4.03. The zero-order valence-electron chi connectivity index (χ0n) is 17.6. The van der Waals surface area contributed by atoms with Gasteiger partial charge in [-0.05, 0) is 42.7 Å². The largest absolute Gasteiger partial charge is 0.273 e. The highest BCUT2D eigenvalue weighted by atomic mass is 16.2. The molecule has 1 amide bonds. The Morgan fingerprint density at radius 2 is 1.52 bits per heavy atom. The molecule has 5 rings (SSSR count). The monoisotopic (exact) mass is 386 g/mol. The predicted octanol–water partition coefficient (Wildman–Crippen LogP) is 5.31. The normalized spacial score (nSPS) is 32.3. The molecule has 0 radical (unpaired) electrons. The average molecular weight is 387 g/mol. The van der Waals surface area contributed by atoms with Crippen LogP contribution in [0.4, 0.5) is 0 Å². The first-order valence-electron chi connectivity index (χ1n) is 10.9. The summed E-state index contributed by atoms with van der Waals surface area (Å²) in [5.74, 6) is 0.662. The molecule has 0 saturated heterocycles. The summed E-state index contributed by atoms with van der Waals surface area (Å²) >= 11 is 0. The van der Waals surface area contributed by atoms with Gasteiger partial charge in [0.1, 0.15) is 0 Å². The summed E-state index contributed by atoms with van der Waals surface area (Å²) in [5, 5.41) is 4.76. The number of nitrogens with zero attached hydrogens (tertiary/aromatic N) is 1. The topological polar surface area (TPSA) is 41.5 Å². The van der Waals surface area contributed by atoms with Crippen molar-refractivity contribution in [1.82, 2.24) is 5.43 Å². The second kappa shape index (κ2) is 6.29. The number of carbonyl (C=O) groups is 1. The van der Waals surface area contributed by atoms with E-state index < -0.39 is 0 Å². The van der Waals surface area contributed by atoms with Gasteiger partial charge in [-0.15, -0.1) is 0 Å². The van der Waals surface area contributed by atoms with E-state index in [9.17, 15) is 4.79 Å². The van der Waals surface area contributed by atoms with Gasteiger partial charge in [-0.2, -0.15) is 5.10 Å². The smallest absolute Gasteiger partial charge is 0.244 e. The summed E-state index contributed by atoms with van der Waals surface area (Å²) in [6.45, 7) is 6.91. The van der Waals surface area contributed by atoms with Gasteiger partial charge >= 0.3 is 0 Å². The molecule has 3 nitrogen and oxygen atoms in total. The molecule has 3 aliphatic rings. The molecule has 2 bridgehead atoms. The maximum Gasteiger partial charge on any atom is 0.244 e. The van der Waals surface area contributed by atoms with Crippen LogP contribution in [0, 0.1) is 22.7 Å². The lowest BCUT2D eigenvalue weighted by Crippen LogP contribution is -2.38. The van der Waals surface area contributed by atoms with E-state index in [4.69, 9.17) is 5.10 Å². The van der Waals surface area contributed by atoms with E-state index in [0.717, 1.165) is 6.42 Å². The Hall–Kier alpha value is -2.42. The third kappa shape index (κ3) is 2.70. The van der Waals surface area contributed by atoms with Crippen molar-refractivity contribution in [2.75, 3.05) is 0 Å². The second-order valence-electron chi connectivity index (χ2n) is 10.1. The SMILES string of the molecule is CC1(C)/C(=N/NC(=O)[C@H]2CC2(c2ccccc2)c2ccccc2)[C@@]2(C)CC[C@@H]1C2. The highest BCUT2D eigenvalue weighted by Gasteiger charge is 2.61. The van der Waals surface area contributed by atoms with Gasteiger partial charge in [0.15, 0.2) is 0 Å². The lowest BCUT2D eigenvalue weighted by atomic mass is 9.71. The highest BCUT2D eigenvalue weighted by Crippen LogP contribution is 2.61. The molecule has 3 fully saturated rings. The number of hydrazone groups is 1. The van der Waals surface area contributed by atoms with Gasteiger partial charge in [-0.3, -0.25) is 4.79 Å². The molecule has 0 aliphatic heterocycles. The number of hydrogen-bond donors (Lipinski definition) is 1. The van der Waals surface area contributed by atoms with E-state index in [-0.39, 0.29) is 28.1 Å². The molecule has 0 unspecified atom stereocenters. The molecule has 2 aromatic carbocycles. The number of nitrogens with one attached hydrogen (secondary N) is 1. The first-order chi connectivity index (χ1) is 13.9. The maximum atomic E-state index is 13.2. The first kappa shape index (κ1) is 18.6. The van der Waals surface area contributed by atoms with E-state index >= 15 is 0 Å². The van der Waals surface area contributed by atoms with Crippen LogP contribution in [0.15, 0.2) is 65.8 Å². The zero-order valence-corrected chi connectivity index (χ0v) is 17.6. The van der Waals surface area contributed by atoms with Gasteiger partial charge < -0.3 is 0 Å². The van der Waals surface area contributed by atoms with Crippen molar-refractivity contribution in [1.29, 1.82) is 0 Å². The number of hydrogen-bond acceptors (Lipinski definition) is 2. The van der Waals surface area contributed by atoms with Crippen molar-refractivity contribution in [2.24, 2.45) is 27.8 Å². The molecule has 0 spiro atoms. The Labute approximate surface area is 173 Å². The third-order valence-corrected chi connectivity index (χ3v) is 8.08. The Morgan fingerprint density at radius 1 is 0.931 bits per heavy atom. The minimum absolute atomic E-state index is 0.0485. The number of fused-ring (bicyclic) bond motifs is 2. The standard InChI is InChI=1S/C26H30N2O/c1-24(2)20-14-15-25(3,16-20)23(24)28-27-22(29)21-17-26(21,18-10-6-4-7-11-18)19-12-8-5-9-13-19/h4-13,20-21H,14-17H2,1-3H3,(H,27,29)/b28-23-/t20-,21-,25+/m1/s1. The first-order valence-corrected chi connectivity index (χ1v) is 10.9. The van der Waals surface area contributed by atoms with Gasteiger partial charge in [0.2, 0.25) is 5.91 Å². The van der Waals surface area contributed by atoms with E-state index in [1.54, 1.807) is 0 Å². The van der Waals surface area contributed by atoms with Crippen molar-refractivity contribution in [2.45, 2.75) is 51.9 Å². The molecule has 29 heavy (non-hydrogen) atoms. The van der Waals surface area contributed by atoms with Crippen molar-refractivity contribution >= 4 is 11.6 Å². The summed E-state index contributed by atoms with van der Waals surface area (Å²) in [7, 11) is 0. The molecule has 2 aromatic rings. The second-order valence-corrected chi connectivity index (χ2v) is 10.1. The lowest BCUT2D eigenvalue weighted by molar-refractivity contribution is -0.122. The van der Waals surface area contributed by atoms with Crippen molar-refractivity contribution in [3.63, 3.8) is 0 Å². The molecular formula is C26H30N2O. The Balaban J connectivity index is 1.42. The molecule has 150 valence electrons. The molecular weight excluding hydrogens is 356 g/mol. The van der Waals surface area contributed by atoms with Crippen LogP contribution in [0.1, 0.15) is 57.6 Å². The van der Waals surface area contributed by atoms with E-state index in [0.29, 0.717) is 5.92 Å². The lowest BCUT2D eigenvalue weighted by Gasteiger charge is -2.35. The van der Waals surface area contributed by atoms with Crippen LogP contribution in [-0.2, 0) is 10.2 Å². The van der Waals surface area contributed by atoms with Gasteiger partial charge in [-0.1, -0.05) is 81.4 Å². The number of benzene rings is 2. The summed E-state index contributed by atoms with van der Waals surface area (Å²) in [4.78, 5) is 13.2. The van der Waals surface area contributed by atoms with Crippen LogP contribution in [0.5, 0.6) is 0 Å². The summed E-state index contributed by atoms with van der Waals surface area (Å²) < 4.78 is 0. The molecule has 3 saturated carbocycles. The maximum absolute atomic E-state index is 13.2. The zero-order chi connectivity index (χ0) is 20.3. The minimum Gasteiger partial charge on any atom is -0.273 e. The fourth-order valence-electron chi connectivity index (χ4n) is 6.37. The van der Waals surface area contributed by atoms with Crippen LogP contribution in [0.25, 0.3) is 0 Å². The molecule has 1 N–H and O–H groups in total. The Morgan fingerprint density at radius 3 is 2.03 bits per heavy atom. The van der Waals surface area contributed by atoms with Crippen molar-refractivity contribution in [3.05, 3.63) is 71.8 Å². The van der Waals surface area contributed by atoms with Gasteiger partial charge in [0.25, 0.3) is 0 Å². The molecule has 3 atom stereocenters. The number of carbonyl (C=O) groups excluding carboxylic acids is 1. The van der Waals surface area contributed by atoms with Crippen LogP contribution in [0.3, 0.4) is 0 Å². The van der Waals surface area contributed by atoms with E-state index in [1.807, 2.05) is 12.1 Å².